The van der Waals surface area contributed by atoms with Crippen LogP contribution >= 0.6 is 0 Å². The molecule has 0 aliphatic heterocycles. The number of nitrogens with zero attached hydrogens (tertiary/aromatic N) is 1. The first kappa shape index (κ1) is 5.47. The second-order valence-corrected chi connectivity index (χ2v) is 2.33. The van der Waals surface area contributed by atoms with Crippen molar-refractivity contribution in [2.24, 2.45) is 0 Å². The van der Waals surface area contributed by atoms with Gasteiger partial charge in [0.1, 0.15) is 0 Å². The standard InChI is InChI=1S/C8H7NO/c1-6-4-7-2-3-10-8(7)9-5-6/h2-5H,1H3. The summed E-state index contributed by atoms with van der Waals surface area (Å²) in [6.45, 7) is 2.01. The molecule has 0 spiro atoms. The van der Waals surface area contributed by atoms with Crippen LogP contribution in [0.1, 0.15) is 5.56 Å². The van der Waals surface area contributed by atoms with E-state index in [4.69, 9.17) is 4.42 Å². The molecular formula is C8H7NO. The van der Waals surface area contributed by atoms with E-state index in [9.17, 15) is 0 Å². The minimum atomic E-state index is 0.714. The lowest BCUT2D eigenvalue weighted by atomic mass is 10.2. The van der Waals surface area contributed by atoms with E-state index in [-0.39, 0.29) is 0 Å². The summed E-state index contributed by atoms with van der Waals surface area (Å²) in [5, 5.41) is 1.07. The third kappa shape index (κ3) is 0.692. The van der Waals surface area contributed by atoms with E-state index >= 15 is 0 Å². The number of hydrogen-bond acceptors (Lipinski definition) is 2. The number of rotatable bonds is 0. The molecule has 0 amide bonds. The quantitative estimate of drug-likeness (QED) is 0.550. The Hall–Kier alpha value is -1.31. The van der Waals surface area contributed by atoms with Crippen LogP contribution < -0.4 is 0 Å². The van der Waals surface area contributed by atoms with Gasteiger partial charge in [-0.2, -0.15) is 0 Å². The number of pyridine rings is 1. The fraction of sp³-hybridized carbons (Fsp3) is 0.125. The summed E-state index contributed by atoms with van der Waals surface area (Å²) >= 11 is 0. The summed E-state index contributed by atoms with van der Waals surface area (Å²) in [6.07, 6.45) is 3.45. The summed E-state index contributed by atoms with van der Waals surface area (Å²) in [6, 6.07) is 3.96. The molecule has 0 N–H and O–H groups in total. The molecule has 0 saturated carbocycles. The molecule has 0 aliphatic rings. The third-order valence-electron chi connectivity index (χ3n) is 1.44. The lowest BCUT2D eigenvalue weighted by Crippen LogP contribution is -1.74. The highest BCUT2D eigenvalue weighted by atomic mass is 16.3. The van der Waals surface area contributed by atoms with Gasteiger partial charge in [-0.25, -0.2) is 4.98 Å². The van der Waals surface area contributed by atoms with Gasteiger partial charge in [0.2, 0.25) is 5.71 Å². The van der Waals surface area contributed by atoms with Crippen LogP contribution in [0.2, 0.25) is 0 Å². The molecule has 50 valence electrons. The fourth-order valence-electron chi connectivity index (χ4n) is 0.969. The molecule has 2 rings (SSSR count). The molecule has 0 atom stereocenters. The molecule has 0 radical (unpaired) electrons. The molecule has 2 aromatic heterocycles. The lowest BCUT2D eigenvalue weighted by molar-refractivity contribution is 0.603. The molecule has 2 heteroatoms. The number of fused-ring (bicyclic) bond motifs is 1. The smallest absolute Gasteiger partial charge is 0.225 e. The van der Waals surface area contributed by atoms with Gasteiger partial charge in [0.25, 0.3) is 0 Å². The van der Waals surface area contributed by atoms with Gasteiger partial charge in [-0.1, -0.05) is 0 Å². The highest BCUT2D eigenvalue weighted by Gasteiger charge is 1.95. The molecule has 0 aromatic carbocycles. The van der Waals surface area contributed by atoms with Crippen LogP contribution in [0.3, 0.4) is 0 Å². The summed E-state index contributed by atoms with van der Waals surface area (Å²) < 4.78 is 5.06. The SMILES string of the molecule is Cc1cnc2occc2c1. The first-order chi connectivity index (χ1) is 4.86. The largest absolute Gasteiger partial charge is 0.446 e. The summed E-state index contributed by atoms with van der Waals surface area (Å²) in [5.41, 5.74) is 1.87. The second-order valence-electron chi connectivity index (χ2n) is 2.33. The van der Waals surface area contributed by atoms with Gasteiger partial charge in [0.15, 0.2) is 0 Å². The van der Waals surface area contributed by atoms with Gasteiger partial charge >= 0.3 is 0 Å². The van der Waals surface area contributed by atoms with Gasteiger partial charge in [0, 0.05) is 11.6 Å². The van der Waals surface area contributed by atoms with E-state index in [1.807, 2.05) is 19.1 Å². The lowest BCUT2D eigenvalue weighted by Gasteiger charge is -1.88. The minimum Gasteiger partial charge on any atom is -0.446 e. The highest BCUT2D eigenvalue weighted by molar-refractivity contribution is 5.73. The van der Waals surface area contributed by atoms with Crippen molar-refractivity contribution in [3.63, 3.8) is 0 Å². The van der Waals surface area contributed by atoms with E-state index in [1.165, 1.54) is 0 Å². The molecule has 0 unspecified atom stereocenters. The van der Waals surface area contributed by atoms with Crippen LogP contribution in [0.25, 0.3) is 11.1 Å². The average Bonchev–Trinajstić information content (AvgIpc) is 2.33. The van der Waals surface area contributed by atoms with Gasteiger partial charge in [0.05, 0.1) is 6.26 Å². The molecule has 0 saturated heterocycles. The first-order valence-electron chi connectivity index (χ1n) is 3.16. The molecule has 2 aromatic rings. The molecular weight excluding hydrogens is 126 g/mol. The zero-order valence-electron chi connectivity index (χ0n) is 5.66. The topological polar surface area (TPSA) is 26.0 Å². The Balaban J connectivity index is 2.86. The highest BCUT2D eigenvalue weighted by Crippen LogP contribution is 2.12. The van der Waals surface area contributed by atoms with Crippen molar-refractivity contribution in [3.8, 4) is 0 Å². The number of aryl methyl sites for hydroxylation is 1. The summed E-state index contributed by atoms with van der Waals surface area (Å²) in [7, 11) is 0. The molecule has 0 bridgehead atoms. The van der Waals surface area contributed by atoms with Crippen molar-refractivity contribution in [2.45, 2.75) is 6.92 Å². The van der Waals surface area contributed by atoms with E-state index in [0.717, 1.165) is 10.9 Å². The Kier molecular flexibility index (Phi) is 1.01. The summed E-state index contributed by atoms with van der Waals surface area (Å²) in [4.78, 5) is 4.07. The monoisotopic (exact) mass is 133 g/mol. The van der Waals surface area contributed by atoms with Crippen molar-refractivity contribution in [3.05, 3.63) is 30.2 Å². The van der Waals surface area contributed by atoms with Crippen molar-refractivity contribution in [1.82, 2.24) is 4.98 Å². The Morgan fingerprint density at radius 3 is 3.30 bits per heavy atom. The normalized spacial score (nSPS) is 10.5. The zero-order valence-corrected chi connectivity index (χ0v) is 5.66. The minimum absolute atomic E-state index is 0.714. The molecule has 2 nitrogen and oxygen atoms in total. The Labute approximate surface area is 58.5 Å². The number of furan rings is 1. The predicted octanol–water partition coefficient (Wildman–Crippen LogP) is 2.14. The predicted molar refractivity (Wildman–Crippen MR) is 38.7 cm³/mol. The van der Waals surface area contributed by atoms with Crippen LogP contribution in [-0.2, 0) is 0 Å². The van der Waals surface area contributed by atoms with Crippen LogP contribution in [0.15, 0.2) is 29.0 Å². The van der Waals surface area contributed by atoms with Gasteiger partial charge < -0.3 is 4.42 Å². The first-order valence-corrected chi connectivity index (χ1v) is 3.16. The van der Waals surface area contributed by atoms with Crippen molar-refractivity contribution >= 4 is 11.1 Å². The van der Waals surface area contributed by atoms with Crippen LogP contribution in [0.4, 0.5) is 0 Å². The zero-order chi connectivity index (χ0) is 6.97. The average molecular weight is 133 g/mol. The second kappa shape index (κ2) is 1.84. The molecule has 0 fully saturated rings. The van der Waals surface area contributed by atoms with Crippen LogP contribution in [0.5, 0.6) is 0 Å². The maximum atomic E-state index is 5.06. The Morgan fingerprint density at radius 2 is 2.40 bits per heavy atom. The van der Waals surface area contributed by atoms with E-state index < -0.39 is 0 Å². The van der Waals surface area contributed by atoms with Crippen molar-refractivity contribution in [2.75, 3.05) is 0 Å². The molecule has 2 heterocycles. The molecule has 0 aliphatic carbocycles. The van der Waals surface area contributed by atoms with Gasteiger partial charge in [-0.3, -0.25) is 0 Å². The van der Waals surface area contributed by atoms with E-state index in [0.29, 0.717) is 5.71 Å². The van der Waals surface area contributed by atoms with E-state index in [2.05, 4.69) is 4.98 Å². The summed E-state index contributed by atoms with van der Waals surface area (Å²) in [5.74, 6) is 0. The van der Waals surface area contributed by atoms with Crippen molar-refractivity contribution in [1.29, 1.82) is 0 Å². The van der Waals surface area contributed by atoms with Gasteiger partial charge in [-0.05, 0) is 24.6 Å². The number of aromatic nitrogens is 1. The van der Waals surface area contributed by atoms with Gasteiger partial charge in [-0.15, -0.1) is 0 Å². The maximum absolute atomic E-state index is 5.06. The van der Waals surface area contributed by atoms with Crippen LogP contribution in [-0.4, -0.2) is 4.98 Å². The Bertz CT molecular complexity index is 351. The number of hydrogen-bond donors (Lipinski definition) is 0. The third-order valence-corrected chi connectivity index (χ3v) is 1.44. The fourth-order valence-corrected chi connectivity index (χ4v) is 0.969. The molecule has 10 heavy (non-hydrogen) atoms. The Morgan fingerprint density at radius 1 is 1.50 bits per heavy atom. The maximum Gasteiger partial charge on any atom is 0.225 e. The van der Waals surface area contributed by atoms with Crippen molar-refractivity contribution < 1.29 is 4.42 Å². The van der Waals surface area contributed by atoms with E-state index in [1.54, 1.807) is 12.5 Å². The van der Waals surface area contributed by atoms with Crippen LogP contribution in [0, 0.1) is 6.92 Å².